The highest BCUT2D eigenvalue weighted by Gasteiger charge is 2.11. The Morgan fingerprint density at radius 2 is 1.14 bits per heavy atom. The molecule has 0 atom stereocenters. The molecule has 5 rings (SSSR count). The van der Waals surface area contributed by atoms with Crippen molar-refractivity contribution in [2.24, 2.45) is 0 Å². The zero-order chi connectivity index (χ0) is 18.8. The summed E-state index contributed by atoms with van der Waals surface area (Å²) in [6, 6.07) is 26.2. The molecule has 5 aromatic rings. The van der Waals surface area contributed by atoms with Crippen molar-refractivity contribution in [2.45, 2.75) is 0 Å². The maximum atomic E-state index is 4.79. The molecule has 0 radical (unpaired) electrons. The molecule has 0 fully saturated rings. The molecule has 4 heteroatoms. The minimum atomic E-state index is 0.720. The Hall–Kier alpha value is -3.92. The normalized spacial score (nSPS) is 10.9. The largest absolute Gasteiger partial charge is 0.237 e. The van der Waals surface area contributed by atoms with Crippen LogP contribution < -0.4 is 0 Å². The van der Waals surface area contributed by atoms with Crippen LogP contribution in [0.4, 0.5) is 0 Å². The number of hydrogen-bond donors (Lipinski definition) is 0. The van der Waals surface area contributed by atoms with Gasteiger partial charge in [-0.2, -0.15) is 0 Å². The van der Waals surface area contributed by atoms with Gasteiger partial charge in [0, 0.05) is 28.7 Å². The van der Waals surface area contributed by atoms with Gasteiger partial charge in [-0.05, 0) is 60.2 Å². The molecule has 0 saturated heterocycles. The van der Waals surface area contributed by atoms with Gasteiger partial charge in [0.15, 0.2) is 11.3 Å². The predicted molar refractivity (Wildman–Crippen MR) is 112 cm³/mol. The lowest BCUT2D eigenvalue weighted by Gasteiger charge is -2.09. The first kappa shape index (κ1) is 16.3. The zero-order valence-electron chi connectivity index (χ0n) is 15.0. The van der Waals surface area contributed by atoms with Gasteiger partial charge >= 0.3 is 0 Å². The van der Waals surface area contributed by atoms with Gasteiger partial charge in [0.2, 0.25) is 0 Å². The van der Waals surface area contributed by atoms with Crippen LogP contribution in [0.3, 0.4) is 0 Å². The first-order valence-electron chi connectivity index (χ1n) is 9.08. The van der Waals surface area contributed by atoms with Crippen molar-refractivity contribution >= 4 is 33.7 Å². The van der Waals surface area contributed by atoms with E-state index in [1.165, 1.54) is 0 Å². The monoisotopic (exact) mass is 360 g/mol. The van der Waals surface area contributed by atoms with Gasteiger partial charge in [-0.1, -0.05) is 30.3 Å². The van der Waals surface area contributed by atoms with Crippen LogP contribution in [-0.4, -0.2) is 19.9 Å². The van der Waals surface area contributed by atoms with E-state index in [9.17, 15) is 0 Å². The second-order valence-corrected chi connectivity index (χ2v) is 6.46. The number of aromatic nitrogens is 4. The van der Waals surface area contributed by atoms with E-state index >= 15 is 0 Å². The van der Waals surface area contributed by atoms with Crippen LogP contribution in [0.2, 0.25) is 0 Å². The van der Waals surface area contributed by atoms with Crippen molar-refractivity contribution in [3.05, 3.63) is 108 Å². The van der Waals surface area contributed by atoms with Crippen molar-refractivity contribution in [3.8, 4) is 0 Å². The van der Waals surface area contributed by atoms with Gasteiger partial charge in [-0.25, -0.2) is 19.9 Å². The molecule has 132 valence electrons. The lowest BCUT2D eigenvalue weighted by atomic mass is 10.0. The van der Waals surface area contributed by atoms with Crippen LogP contribution in [0.5, 0.6) is 0 Å². The van der Waals surface area contributed by atoms with Crippen LogP contribution >= 0.6 is 0 Å². The van der Waals surface area contributed by atoms with E-state index in [-0.39, 0.29) is 0 Å². The zero-order valence-corrected chi connectivity index (χ0v) is 15.0. The molecule has 28 heavy (non-hydrogen) atoms. The number of rotatable bonds is 3. The van der Waals surface area contributed by atoms with Crippen LogP contribution in [0, 0.1) is 0 Å². The number of hydrogen-bond acceptors (Lipinski definition) is 4. The minimum absolute atomic E-state index is 0.720. The molecule has 0 N–H and O–H groups in total. The van der Waals surface area contributed by atoms with Crippen LogP contribution in [0.15, 0.2) is 91.3 Å². The van der Waals surface area contributed by atoms with Gasteiger partial charge in [0.05, 0.1) is 11.4 Å². The fraction of sp³-hybridized carbons (Fsp3) is 0. The van der Waals surface area contributed by atoms with E-state index < -0.39 is 0 Å². The van der Waals surface area contributed by atoms with Gasteiger partial charge in [-0.3, -0.25) is 0 Å². The van der Waals surface area contributed by atoms with Gasteiger partial charge in [-0.15, -0.1) is 0 Å². The Labute approximate surface area is 162 Å². The Balaban J connectivity index is 1.72. The predicted octanol–water partition coefficient (Wildman–Crippen LogP) is 5.16. The molecule has 0 aliphatic heterocycles. The molecule has 0 bridgehead atoms. The number of nitrogens with zero attached hydrogens (tertiary/aromatic N) is 4. The van der Waals surface area contributed by atoms with Crippen LogP contribution in [0.1, 0.15) is 17.0 Å². The SMILES string of the molecule is C(=C(c1ccc2cccnc2n1)c1ccc2cccnc2n1)c1ccccc1. The van der Waals surface area contributed by atoms with Crippen LogP contribution in [0.25, 0.3) is 33.7 Å². The molecule has 0 aliphatic rings. The third-order valence-electron chi connectivity index (χ3n) is 4.59. The summed E-state index contributed by atoms with van der Waals surface area (Å²) in [5.74, 6) is 0. The third-order valence-corrected chi connectivity index (χ3v) is 4.59. The lowest BCUT2D eigenvalue weighted by Crippen LogP contribution is -1.97. The lowest BCUT2D eigenvalue weighted by molar-refractivity contribution is 1.22. The van der Waals surface area contributed by atoms with Crippen molar-refractivity contribution in [2.75, 3.05) is 0 Å². The molecule has 0 amide bonds. The molecular weight excluding hydrogens is 344 g/mol. The number of pyridine rings is 4. The van der Waals surface area contributed by atoms with E-state index in [1.54, 1.807) is 12.4 Å². The Morgan fingerprint density at radius 3 is 1.71 bits per heavy atom. The molecule has 4 nitrogen and oxygen atoms in total. The van der Waals surface area contributed by atoms with Crippen molar-refractivity contribution in [3.63, 3.8) is 0 Å². The summed E-state index contributed by atoms with van der Waals surface area (Å²) in [7, 11) is 0. The van der Waals surface area contributed by atoms with E-state index in [2.05, 4.69) is 28.2 Å². The molecular formula is C24H16N4. The molecule has 0 aliphatic carbocycles. The van der Waals surface area contributed by atoms with E-state index in [0.29, 0.717) is 0 Å². The average molecular weight is 360 g/mol. The van der Waals surface area contributed by atoms with Crippen molar-refractivity contribution in [1.82, 2.24) is 19.9 Å². The second kappa shape index (κ2) is 7.00. The smallest absolute Gasteiger partial charge is 0.159 e. The Bertz CT molecular complexity index is 1230. The first-order chi connectivity index (χ1) is 13.9. The molecule has 1 aromatic carbocycles. The maximum absolute atomic E-state index is 4.79. The molecule has 0 unspecified atom stereocenters. The molecule has 4 heterocycles. The van der Waals surface area contributed by atoms with Gasteiger partial charge in [0.25, 0.3) is 0 Å². The van der Waals surface area contributed by atoms with E-state index in [0.717, 1.165) is 44.6 Å². The summed E-state index contributed by atoms with van der Waals surface area (Å²) in [5.41, 5.74) is 5.13. The summed E-state index contributed by atoms with van der Waals surface area (Å²) in [6.07, 6.45) is 5.63. The summed E-state index contributed by atoms with van der Waals surface area (Å²) >= 11 is 0. The topological polar surface area (TPSA) is 51.6 Å². The Kier molecular flexibility index (Phi) is 4.07. The summed E-state index contributed by atoms with van der Waals surface area (Å²) < 4.78 is 0. The van der Waals surface area contributed by atoms with Crippen LogP contribution in [-0.2, 0) is 0 Å². The molecule has 4 aromatic heterocycles. The number of benzene rings is 1. The molecule has 0 spiro atoms. The summed E-state index contributed by atoms with van der Waals surface area (Å²) in [4.78, 5) is 18.4. The van der Waals surface area contributed by atoms with Crippen molar-refractivity contribution < 1.29 is 0 Å². The average Bonchev–Trinajstić information content (AvgIpc) is 2.77. The van der Waals surface area contributed by atoms with Gasteiger partial charge < -0.3 is 0 Å². The molecule has 0 saturated carbocycles. The Morgan fingerprint density at radius 1 is 0.571 bits per heavy atom. The highest BCUT2D eigenvalue weighted by molar-refractivity contribution is 5.92. The standard InChI is InChI=1S/C24H16N4/c1-2-6-17(7-3-1)16-20(21-12-10-18-8-4-14-25-23(18)27-21)22-13-11-19-9-5-15-26-24(19)28-22/h1-16H. The fourth-order valence-corrected chi connectivity index (χ4v) is 3.20. The summed E-state index contributed by atoms with van der Waals surface area (Å²) in [5, 5.41) is 2.02. The fourth-order valence-electron chi connectivity index (χ4n) is 3.20. The minimum Gasteiger partial charge on any atom is -0.237 e. The maximum Gasteiger partial charge on any atom is 0.159 e. The third kappa shape index (κ3) is 3.12. The second-order valence-electron chi connectivity index (χ2n) is 6.46. The summed E-state index contributed by atoms with van der Waals surface area (Å²) in [6.45, 7) is 0. The highest BCUT2D eigenvalue weighted by Crippen LogP contribution is 2.26. The van der Waals surface area contributed by atoms with E-state index in [4.69, 9.17) is 9.97 Å². The highest BCUT2D eigenvalue weighted by atomic mass is 14.9. The quantitative estimate of drug-likeness (QED) is 0.446. The van der Waals surface area contributed by atoms with Gasteiger partial charge in [0.1, 0.15) is 0 Å². The number of fused-ring (bicyclic) bond motifs is 2. The van der Waals surface area contributed by atoms with Crippen molar-refractivity contribution in [1.29, 1.82) is 0 Å². The van der Waals surface area contributed by atoms with E-state index in [1.807, 2.05) is 66.7 Å². The first-order valence-corrected chi connectivity index (χ1v) is 9.08.